The predicted octanol–water partition coefficient (Wildman–Crippen LogP) is 3.98. The molecule has 1 aliphatic heterocycles. The number of hydrogen-bond acceptors (Lipinski definition) is 7. The van der Waals surface area contributed by atoms with Gasteiger partial charge in [0.2, 0.25) is 5.88 Å². The average molecular weight is 513 g/mol. The number of pyridine rings is 2. The number of benzene rings is 1. The zero-order valence-corrected chi connectivity index (χ0v) is 21.3. The lowest BCUT2D eigenvalue weighted by molar-refractivity contribution is 0.0981. The molecule has 1 N–H and O–H groups in total. The smallest absolute Gasteiger partial charge is 0.281 e. The van der Waals surface area contributed by atoms with Gasteiger partial charge in [-0.15, -0.1) is 0 Å². The molecule has 1 fully saturated rings. The van der Waals surface area contributed by atoms with Crippen molar-refractivity contribution in [1.29, 1.82) is 0 Å². The van der Waals surface area contributed by atoms with Crippen LogP contribution in [0.2, 0.25) is 0 Å². The minimum atomic E-state index is -4.27. The third-order valence-electron chi connectivity index (χ3n) is 6.11. The van der Waals surface area contributed by atoms with Crippen molar-refractivity contribution in [3.05, 3.63) is 77.7 Å². The van der Waals surface area contributed by atoms with E-state index in [9.17, 15) is 17.6 Å². The van der Waals surface area contributed by atoms with E-state index in [1.807, 2.05) is 4.90 Å². The van der Waals surface area contributed by atoms with Gasteiger partial charge in [-0.3, -0.25) is 4.79 Å². The monoisotopic (exact) mass is 512 g/mol. The molecule has 0 bridgehead atoms. The number of nitrogens with zero attached hydrogens (tertiary/aromatic N) is 3. The molecule has 1 aromatic carbocycles. The number of carbonyl (C=O) groups is 1. The Bertz CT molecular complexity index is 1350. The molecule has 1 unspecified atom stereocenters. The summed E-state index contributed by atoms with van der Waals surface area (Å²) in [5, 5.41) is -0.337. The molecule has 1 amide bonds. The van der Waals surface area contributed by atoms with E-state index in [0.29, 0.717) is 18.2 Å². The number of sulfonamides is 1. The largest absolute Gasteiger partial charge is 0.477 e. The minimum absolute atomic E-state index is 0.0994. The van der Waals surface area contributed by atoms with Crippen LogP contribution in [0.25, 0.3) is 0 Å². The molecule has 1 atom stereocenters. The summed E-state index contributed by atoms with van der Waals surface area (Å²) in [4.78, 5) is 23.6. The number of halogens is 1. The molecule has 0 aliphatic carbocycles. The van der Waals surface area contributed by atoms with Crippen LogP contribution in [0.5, 0.6) is 5.88 Å². The molecule has 4 rings (SSSR count). The highest BCUT2D eigenvalue weighted by molar-refractivity contribution is 7.90. The summed E-state index contributed by atoms with van der Waals surface area (Å²) in [5.41, 5.74) is 0.827. The van der Waals surface area contributed by atoms with Crippen molar-refractivity contribution in [2.45, 2.75) is 44.2 Å². The van der Waals surface area contributed by atoms with Crippen molar-refractivity contribution in [2.24, 2.45) is 5.92 Å². The highest BCUT2D eigenvalue weighted by Gasteiger charge is 2.39. The summed E-state index contributed by atoms with van der Waals surface area (Å²) in [7, 11) is -4.27. The molecule has 2 aromatic heterocycles. The second-order valence-electron chi connectivity index (χ2n) is 9.58. The van der Waals surface area contributed by atoms with Crippen LogP contribution in [0.1, 0.15) is 43.1 Å². The van der Waals surface area contributed by atoms with E-state index in [2.05, 4.69) is 35.5 Å². The Morgan fingerprint density at radius 3 is 2.61 bits per heavy atom. The van der Waals surface area contributed by atoms with Crippen LogP contribution in [-0.4, -0.2) is 43.0 Å². The van der Waals surface area contributed by atoms with Crippen molar-refractivity contribution in [1.82, 2.24) is 14.7 Å². The fourth-order valence-electron chi connectivity index (χ4n) is 4.53. The summed E-state index contributed by atoms with van der Waals surface area (Å²) in [6.45, 7) is 7.23. The number of amides is 1. The van der Waals surface area contributed by atoms with Gasteiger partial charge < -0.3 is 9.64 Å². The molecule has 0 spiro atoms. The number of carbonyl (C=O) groups excluding carboxylic acids is 1. The number of anilines is 1. The highest BCUT2D eigenvalue weighted by atomic mass is 32.2. The molecule has 0 saturated carbocycles. The third-order valence-corrected chi connectivity index (χ3v) is 7.35. The molecular weight excluding hydrogens is 483 g/mol. The van der Waals surface area contributed by atoms with E-state index in [-0.39, 0.29) is 34.4 Å². The maximum atomic E-state index is 13.1. The summed E-state index contributed by atoms with van der Waals surface area (Å²) in [5.74, 6) is -0.138. The van der Waals surface area contributed by atoms with E-state index in [1.54, 1.807) is 30.5 Å². The van der Waals surface area contributed by atoms with E-state index in [0.717, 1.165) is 18.5 Å². The van der Waals surface area contributed by atoms with Gasteiger partial charge >= 0.3 is 0 Å². The molecule has 190 valence electrons. The van der Waals surface area contributed by atoms with Crippen molar-refractivity contribution in [3.63, 3.8) is 0 Å². The Balaban J connectivity index is 1.47. The van der Waals surface area contributed by atoms with Crippen molar-refractivity contribution < 1.29 is 22.3 Å². The number of aromatic nitrogens is 2. The van der Waals surface area contributed by atoms with Crippen LogP contribution in [0.15, 0.2) is 65.8 Å². The maximum Gasteiger partial charge on any atom is 0.281 e. The molecule has 3 heterocycles. The maximum absolute atomic E-state index is 13.1. The quantitative estimate of drug-likeness (QED) is 0.487. The zero-order valence-electron chi connectivity index (χ0n) is 20.4. The Morgan fingerprint density at radius 2 is 1.92 bits per heavy atom. The van der Waals surface area contributed by atoms with Gasteiger partial charge in [0, 0.05) is 30.8 Å². The molecule has 3 aromatic rings. The first-order valence-electron chi connectivity index (χ1n) is 11.7. The van der Waals surface area contributed by atoms with Crippen LogP contribution in [-0.2, 0) is 16.4 Å². The Kier molecular flexibility index (Phi) is 7.26. The number of hydrogen-bond donors (Lipinski definition) is 1. The normalized spacial score (nSPS) is 17.1. The van der Waals surface area contributed by atoms with Gasteiger partial charge in [-0.05, 0) is 62.1 Å². The van der Waals surface area contributed by atoms with Gasteiger partial charge in [-0.2, -0.15) is 13.4 Å². The van der Waals surface area contributed by atoms with E-state index in [4.69, 9.17) is 4.74 Å². The third kappa shape index (κ3) is 5.81. The number of ether oxygens (including phenoxy) is 1. The summed E-state index contributed by atoms with van der Waals surface area (Å²) >= 11 is 0. The second kappa shape index (κ2) is 10.2. The summed E-state index contributed by atoms with van der Waals surface area (Å²) < 4.78 is 46.7. The molecule has 10 heteroatoms. The van der Waals surface area contributed by atoms with Gasteiger partial charge in [0.15, 0.2) is 5.03 Å². The molecule has 0 radical (unpaired) electrons. The Hall–Kier alpha value is -3.53. The first kappa shape index (κ1) is 25.6. The fourth-order valence-corrected chi connectivity index (χ4v) is 5.45. The van der Waals surface area contributed by atoms with Crippen LogP contribution >= 0.6 is 0 Å². The van der Waals surface area contributed by atoms with E-state index >= 15 is 0 Å². The summed E-state index contributed by atoms with van der Waals surface area (Å²) in [6, 6.07) is 13.5. The van der Waals surface area contributed by atoms with Gasteiger partial charge in [-0.1, -0.05) is 25.1 Å². The summed E-state index contributed by atoms with van der Waals surface area (Å²) in [6.07, 6.45) is 3.01. The zero-order chi connectivity index (χ0) is 25.9. The number of rotatable bonds is 8. The fraction of sp³-hybridized carbons (Fsp3) is 0.346. The topological polar surface area (TPSA) is 101 Å². The van der Waals surface area contributed by atoms with Crippen LogP contribution in [0.4, 0.5) is 10.2 Å². The SMILES string of the molecule is CC1CN(c2ncccc2C(=O)NS(=O)(=O)c2cccc(OCCc3ccc(F)cc3)n2)C(C)(C)C1. The van der Waals surface area contributed by atoms with Crippen LogP contribution < -0.4 is 14.4 Å². The number of nitrogens with one attached hydrogen (secondary N) is 1. The van der Waals surface area contributed by atoms with Crippen LogP contribution in [0, 0.1) is 11.7 Å². The highest BCUT2D eigenvalue weighted by Crippen LogP contribution is 2.37. The predicted molar refractivity (Wildman–Crippen MR) is 134 cm³/mol. The molecule has 36 heavy (non-hydrogen) atoms. The van der Waals surface area contributed by atoms with E-state index in [1.165, 1.54) is 30.3 Å². The van der Waals surface area contributed by atoms with Crippen LogP contribution in [0.3, 0.4) is 0 Å². The molecule has 1 aliphatic rings. The Labute approximate surface area is 210 Å². The first-order chi connectivity index (χ1) is 17.0. The first-order valence-corrected chi connectivity index (χ1v) is 13.2. The second-order valence-corrected chi connectivity index (χ2v) is 11.2. The van der Waals surface area contributed by atoms with Gasteiger partial charge in [0.05, 0.1) is 12.2 Å². The Morgan fingerprint density at radius 1 is 1.17 bits per heavy atom. The lowest BCUT2D eigenvalue weighted by atomic mass is 9.97. The lowest BCUT2D eigenvalue weighted by Gasteiger charge is -2.33. The molecule has 8 nitrogen and oxygen atoms in total. The van der Waals surface area contributed by atoms with Crippen molar-refractivity contribution in [3.8, 4) is 5.88 Å². The molecular formula is C26H29FN4O4S. The van der Waals surface area contributed by atoms with Gasteiger partial charge in [-0.25, -0.2) is 14.1 Å². The lowest BCUT2D eigenvalue weighted by Crippen LogP contribution is -2.41. The average Bonchev–Trinajstić information content (AvgIpc) is 3.12. The standard InChI is InChI=1S/C26H29FN4O4S/c1-18-16-26(2,3)31(17-18)24-21(6-5-14-28-24)25(32)30-36(33,34)23-8-4-7-22(29-23)35-15-13-19-9-11-20(27)12-10-19/h4-12,14,18H,13,15-17H2,1-3H3,(H,30,32). The van der Waals surface area contributed by atoms with Gasteiger partial charge in [0.1, 0.15) is 11.6 Å². The van der Waals surface area contributed by atoms with Gasteiger partial charge in [0.25, 0.3) is 15.9 Å². The van der Waals surface area contributed by atoms with Crippen molar-refractivity contribution >= 4 is 21.7 Å². The van der Waals surface area contributed by atoms with E-state index < -0.39 is 15.9 Å². The molecule has 1 saturated heterocycles. The van der Waals surface area contributed by atoms with Crippen molar-refractivity contribution in [2.75, 3.05) is 18.1 Å². The minimum Gasteiger partial charge on any atom is -0.477 e.